The summed E-state index contributed by atoms with van der Waals surface area (Å²) in [4.78, 5) is 28.4. The van der Waals surface area contributed by atoms with Gasteiger partial charge in [-0.2, -0.15) is 0 Å². The van der Waals surface area contributed by atoms with Gasteiger partial charge >= 0.3 is 5.97 Å². The fourth-order valence-corrected chi connectivity index (χ4v) is 4.01. The van der Waals surface area contributed by atoms with Gasteiger partial charge in [0.25, 0.3) is 0 Å². The molecule has 0 saturated heterocycles. The number of fused-ring (bicyclic) bond motifs is 1. The highest BCUT2D eigenvalue weighted by molar-refractivity contribution is 7.22. The molecule has 0 aliphatic heterocycles. The molecule has 3 rings (SSSR count). The number of aryl methyl sites for hydroxylation is 2. The molecule has 0 spiro atoms. The standard InChI is InChI=1S/C21H22N2O4S/c1-12-4-9-17-20(13(12)2)23-21(28-17)22-18(24)10-15(11-19(25)26)14-5-7-16(27-3)8-6-14/h4-9,15H,10-11H2,1-3H3,(H,25,26)(H,22,23,24). The van der Waals surface area contributed by atoms with Crippen molar-refractivity contribution in [3.63, 3.8) is 0 Å². The Labute approximate surface area is 167 Å². The van der Waals surface area contributed by atoms with Crippen LogP contribution in [0.5, 0.6) is 5.75 Å². The third-order valence-electron chi connectivity index (χ3n) is 4.77. The van der Waals surface area contributed by atoms with Crippen molar-refractivity contribution in [2.75, 3.05) is 12.4 Å². The number of carbonyl (C=O) groups excluding carboxylic acids is 1. The van der Waals surface area contributed by atoms with E-state index in [-0.39, 0.29) is 18.7 Å². The molecule has 0 bridgehead atoms. The van der Waals surface area contributed by atoms with Crippen LogP contribution in [-0.2, 0) is 9.59 Å². The van der Waals surface area contributed by atoms with Gasteiger partial charge in [0.05, 0.1) is 23.7 Å². The Morgan fingerprint density at radius 3 is 2.50 bits per heavy atom. The first-order valence-corrected chi connectivity index (χ1v) is 9.71. The number of nitrogens with one attached hydrogen (secondary N) is 1. The predicted molar refractivity (Wildman–Crippen MR) is 110 cm³/mol. The molecular weight excluding hydrogens is 376 g/mol. The van der Waals surface area contributed by atoms with Gasteiger partial charge in [0.1, 0.15) is 5.75 Å². The number of amides is 1. The molecule has 0 saturated carbocycles. The zero-order valence-electron chi connectivity index (χ0n) is 16.0. The number of rotatable bonds is 7. The number of methoxy groups -OCH3 is 1. The van der Waals surface area contributed by atoms with Crippen molar-refractivity contribution in [3.8, 4) is 5.75 Å². The second kappa shape index (κ2) is 8.39. The van der Waals surface area contributed by atoms with Crippen LogP contribution in [0.4, 0.5) is 5.13 Å². The molecule has 1 aromatic heterocycles. The molecule has 0 radical (unpaired) electrons. The van der Waals surface area contributed by atoms with Crippen molar-refractivity contribution in [3.05, 3.63) is 53.1 Å². The molecule has 0 aliphatic rings. The van der Waals surface area contributed by atoms with Crippen molar-refractivity contribution < 1.29 is 19.4 Å². The third-order valence-corrected chi connectivity index (χ3v) is 5.71. The van der Waals surface area contributed by atoms with Gasteiger partial charge in [-0.25, -0.2) is 4.98 Å². The van der Waals surface area contributed by atoms with Gasteiger partial charge in [-0.05, 0) is 48.7 Å². The molecule has 1 unspecified atom stereocenters. The van der Waals surface area contributed by atoms with Crippen LogP contribution in [0.1, 0.15) is 35.4 Å². The van der Waals surface area contributed by atoms with Crippen LogP contribution >= 0.6 is 11.3 Å². The first kappa shape index (κ1) is 19.8. The van der Waals surface area contributed by atoms with Gasteiger partial charge in [-0.1, -0.05) is 29.5 Å². The molecule has 28 heavy (non-hydrogen) atoms. The summed E-state index contributed by atoms with van der Waals surface area (Å²) >= 11 is 1.41. The SMILES string of the molecule is COc1ccc(C(CC(=O)O)CC(=O)Nc2nc3c(C)c(C)ccc3s2)cc1. The summed E-state index contributed by atoms with van der Waals surface area (Å²) < 4.78 is 6.14. The molecule has 146 valence electrons. The quantitative estimate of drug-likeness (QED) is 0.611. The Morgan fingerprint density at radius 2 is 1.86 bits per heavy atom. The van der Waals surface area contributed by atoms with Crippen LogP contribution in [0.3, 0.4) is 0 Å². The number of carboxylic acids is 1. The van der Waals surface area contributed by atoms with Crippen LogP contribution in [0.15, 0.2) is 36.4 Å². The maximum Gasteiger partial charge on any atom is 0.303 e. The summed E-state index contributed by atoms with van der Waals surface area (Å²) in [6.45, 7) is 4.04. The zero-order valence-corrected chi connectivity index (χ0v) is 16.8. The van der Waals surface area contributed by atoms with Gasteiger partial charge in [0, 0.05) is 12.3 Å². The zero-order chi connectivity index (χ0) is 20.3. The summed E-state index contributed by atoms with van der Waals surface area (Å²) in [5.41, 5.74) is 3.92. The normalized spacial score (nSPS) is 12.0. The highest BCUT2D eigenvalue weighted by Gasteiger charge is 2.20. The largest absolute Gasteiger partial charge is 0.497 e. The van der Waals surface area contributed by atoms with Crippen molar-refractivity contribution in [1.29, 1.82) is 0 Å². The Hall–Kier alpha value is -2.93. The number of nitrogens with zero attached hydrogens (tertiary/aromatic N) is 1. The van der Waals surface area contributed by atoms with Crippen molar-refractivity contribution >= 4 is 38.6 Å². The van der Waals surface area contributed by atoms with E-state index in [2.05, 4.69) is 10.3 Å². The van der Waals surface area contributed by atoms with Gasteiger partial charge in [-0.3, -0.25) is 9.59 Å². The monoisotopic (exact) mass is 398 g/mol. The summed E-state index contributed by atoms with van der Waals surface area (Å²) in [5.74, 6) is -0.945. The summed E-state index contributed by atoms with van der Waals surface area (Å²) in [5, 5.41) is 12.6. The van der Waals surface area contributed by atoms with E-state index in [0.717, 1.165) is 26.9 Å². The molecule has 6 nitrogen and oxygen atoms in total. The smallest absolute Gasteiger partial charge is 0.303 e. The average molecular weight is 398 g/mol. The molecule has 3 aromatic rings. The number of carboxylic acid groups (broad SMARTS) is 1. The number of ether oxygens (including phenoxy) is 1. The van der Waals surface area contributed by atoms with Gasteiger partial charge < -0.3 is 15.2 Å². The van der Waals surface area contributed by atoms with Crippen molar-refractivity contribution in [1.82, 2.24) is 4.98 Å². The van der Waals surface area contributed by atoms with Gasteiger partial charge in [0.2, 0.25) is 5.91 Å². The average Bonchev–Trinajstić information content (AvgIpc) is 3.07. The molecule has 2 N–H and O–H groups in total. The number of aromatic nitrogens is 1. The van der Waals surface area contributed by atoms with E-state index in [1.54, 1.807) is 31.4 Å². The minimum absolute atomic E-state index is 0.0621. The minimum atomic E-state index is -0.945. The second-order valence-corrected chi connectivity index (χ2v) is 7.72. The minimum Gasteiger partial charge on any atom is -0.497 e. The Balaban J connectivity index is 1.76. The fraction of sp³-hybridized carbons (Fsp3) is 0.286. The molecule has 1 heterocycles. The van der Waals surface area contributed by atoms with Crippen LogP contribution in [0.2, 0.25) is 0 Å². The number of anilines is 1. The molecule has 2 aromatic carbocycles. The van der Waals surface area contributed by atoms with Crippen LogP contribution in [0, 0.1) is 13.8 Å². The number of aliphatic carboxylic acids is 1. The molecule has 1 amide bonds. The fourth-order valence-electron chi connectivity index (χ4n) is 3.07. The second-order valence-electron chi connectivity index (χ2n) is 6.69. The number of hydrogen-bond donors (Lipinski definition) is 2. The van der Waals surface area contributed by atoms with Gasteiger partial charge in [0.15, 0.2) is 5.13 Å². The molecule has 0 aliphatic carbocycles. The van der Waals surface area contributed by atoms with E-state index in [4.69, 9.17) is 4.74 Å². The molecule has 7 heteroatoms. The number of carbonyl (C=O) groups is 2. The van der Waals surface area contributed by atoms with Crippen molar-refractivity contribution in [2.24, 2.45) is 0 Å². The first-order chi connectivity index (χ1) is 13.4. The van der Waals surface area contributed by atoms with E-state index in [1.165, 1.54) is 11.3 Å². The lowest BCUT2D eigenvalue weighted by molar-refractivity contribution is -0.137. The van der Waals surface area contributed by atoms with Crippen LogP contribution in [0.25, 0.3) is 10.2 Å². The van der Waals surface area contributed by atoms with E-state index in [0.29, 0.717) is 10.9 Å². The Bertz CT molecular complexity index is 1010. The third kappa shape index (κ3) is 4.48. The highest BCUT2D eigenvalue weighted by Crippen LogP contribution is 2.31. The lowest BCUT2D eigenvalue weighted by atomic mass is 9.92. The van der Waals surface area contributed by atoms with E-state index in [9.17, 15) is 14.7 Å². The van der Waals surface area contributed by atoms with Crippen molar-refractivity contribution in [2.45, 2.75) is 32.6 Å². The lowest BCUT2D eigenvalue weighted by Crippen LogP contribution is -2.17. The molecular formula is C21H22N2O4S. The number of benzene rings is 2. The Kier molecular flexibility index (Phi) is 5.94. The maximum atomic E-state index is 12.6. The van der Waals surface area contributed by atoms with E-state index >= 15 is 0 Å². The molecule has 1 atom stereocenters. The van der Waals surface area contributed by atoms with Gasteiger partial charge in [-0.15, -0.1) is 0 Å². The predicted octanol–water partition coefficient (Wildman–Crippen LogP) is 4.51. The Morgan fingerprint density at radius 1 is 1.14 bits per heavy atom. The maximum absolute atomic E-state index is 12.6. The highest BCUT2D eigenvalue weighted by atomic mass is 32.1. The summed E-state index contributed by atoms with van der Waals surface area (Å²) in [6, 6.07) is 11.2. The lowest BCUT2D eigenvalue weighted by Gasteiger charge is -2.15. The van der Waals surface area contributed by atoms with Crippen LogP contribution < -0.4 is 10.1 Å². The number of hydrogen-bond acceptors (Lipinski definition) is 5. The first-order valence-electron chi connectivity index (χ1n) is 8.89. The summed E-state index contributed by atoms with van der Waals surface area (Å²) in [6.07, 6.45) is -0.0650. The summed E-state index contributed by atoms with van der Waals surface area (Å²) in [7, 11) is 1.57. The van der Waals surface area contributed by atoms with E-state index < -0.39 is 11.9 Å². The number of thiazole rings is 1. The molecule has 0 fully saturated rings. The topological polar surface area (TPSA) is 88.5 Å². The van der Waals surface area contributed by atoms with E-state index in [1.807, 2.05) is 26.0 Å². The van der Waals surface area contributed by atoms with Crippen LogP contribution in [-0.4, -0.2) is 29.1 Å².